The standard InChI is InChI=1S/C23H21N3O5/c1-3-26-13-19(21(25-26)23(28)29-2)24-22(27)20-11-10-18(31-20)14-30-17-9-8-15-6-4-5-7-16(15)12-17/h4-13H,3,14H2,1-2H3,(H,24,27). The molecule has 2 heterocycles. The van der Waals surface area contributed by atoms with E-state index in [2.05, 4.69) is 10.4 Å². The molecule has 0 saturated heterocycles. The molecule has 0 atom stereocenters. The normalized spacial score (nSPS) is 10.8. The number of carbonyl (C=O) groups is 2. The van der Waals surface area contributed by atoms with Gasteiger partial charge >= 0.3 is 5.97 Å². The fourth-order valence-corrected chi connectivity index (χ4v) is 3.10. The molecule has 0 spiro atoms. The van der Waals surface area contributed by atoms with Gasteiger partial charge in [0.15, 0.2) is 11.5 Å². The number of fused-ring (bicyclic) bond motifs is 1. The summed E-state index contributed by atoms with van der Waals surface area (Å²) in [6.45, 7) is 2.58. The molecule has 2 aromatic carbocycles. The van der Waals surface area contributed by atoms with E-state index in [4.69, 9.17) is 13.9 Å². The SMILES string of the molecule is CCn1cc(NC(=O)c2ccc(COc3ccc4ccccc4c3)o2)c(C(=O)OC)n1. The van der Waals surface area contributed by atoms with Crippen molar-refractivity contribution in [2.24, 2.45) is 0 Å². The van der Waals surface area contributed by atoms with Gasteiger partial charge in [-0.1, -0.05) is 30.3 Å². The third-order valence-corrected chi connectivity index (χ3v) is 4.70. The maximum Gasteiger partial charge on any atom is 0.360 e. The number of anilines is 1. The van der Waals surface area contributed by atoms with Gasteiger partial charge in [0, 0.05) is 12.7 Å². The molecule has 31 heavy (non-hydrogen) atoms. The van der Waals surface area contributed by atoms with Gasteiger partial charge in [0.25, 0.3) is 5.91 Å². The van der Waals surface area contributed by atoms with Crippen molar-refractivity contribution in [1.82, 2.24) is 9.78 Å². The lowest BCUT2D eigenvalue weighted by Gasteiger charge is -2.06. The predicted molar refractivity (Wildman–Crippen MR) is 114 cm³/mol. The first-order valence-electron chi connectivity index (χ1n) is 9.75. The molecule has 2 aromatic heterocycles. The largest absolute Gasteiger partial charge is 0.486 e. The zero-order chi connectivity index (χ0) is 21.8. The maximum absolute atomic E-state index is 12.6. The molecular weight excluding hydrogens is 398 g/mol. The number of methoxy groups -OCH3 is 1. The molecule has 0 bridgehead atoms. The fraction of sp³-hybridized carbons (Fsp3) is 0.174. The summed E-state index contributed by atoms with van der Waals surface area (Å²) in [6.07, 6.45) is 1.57. The highest BCUT2D eigenvalue weighted by atomic mass is 16.5. The lowest BCUT2D eigenvalue weighted by Crippen LogP contribution is -2.14. The minimum Gasteiger partial charge on any atom is -0.486 e. The number of rotatable bonds is 7. The second-order valence-corrected chi connectivity index (χ2v) is 6.76. The average molecular weight is 419 g/mol. The number of nitrogens with one attached hydrogen (secondary N) is 1. The van der Waals surface area contributed by atoms with Crippen LogP contribution in [0.1, 0.15) is 33.7 Å². The average Bonchev–Trinajstić information content (AvgIpc) is 3.44. The van der Waals surface area contributed by atoms with Crippen molar-refractivity contribution >= 4 is 28.3 Å². The van der Waals surface area contributed by atoms with E-state index in [1.807, 2.05) is 49.4 Å². The summed E-state index contributed by atoms with van der Waals surface area (Å²) in [4.78, 5) is 24.5. The third kappa shape index (κ3) is 4.42. The summed E-state index contributed by atoms with van der Waals surface area (Å²) in [6, 6.07) is 17.1. The van der Waals surface area contributed by atoms with Crippen molar-refractivity contribution in [3.63, 3.8) is 0 Å². The molecule has 0 unspecified atom stereocenters. The van der Waals surface area contributed by atoms with E-state index in [0.717, 1.165) is 10.8 Å². The van der Waals surface area contributed by atoms with Gasteiger partial charge in [-0.15, -0.1) is 0 Å². The van der Waals surface area contributed by atoms with Crippen LogP contribution in [0.3, 0.4) is 0 Å². The number of esters is 1. The van der Waals surface area contributed by atoms with E-state index in [1.54, 1.807) is 18.3 Å². The monoisotopic (exact) mass is 419 g/mol. The van der Waals surface area contributed by atoms with Gasteiger partial charge in [0.1, 0.15) is 18.1 Å². The molecule has 0 aliphatic heterocycles. The van der Waals surface area contributed by atoms with Crippen LogP contribution in [0.2, 0.25) is 0 Å². The molecule has 8 heteroatoms. The number of ether oxygens (including phenoxy) is 2. The first-order chi connectivity index (χ1) is 15.1. The lowest BCUT2D eigenvalue weighted by atomic mass is 10.1. The van der Waals surface area contributed by atoms with Crippen molar-refractivity contribution in [1.29, 1.82) is 0 Å². The molecule has 1 amide bonds. The Kier molecular flexibility index (Phi) is 5.70. The van der Waals surface area contributed by atoms with E-state index in [9.17, 15) is 9.59 Å². The first-order valence-corrected chi connectivity index (χ1v) is 9.75. The van der Waals surface area contributed by atoms with Crippen LogP contribution in [-0.2, 0) is 17.9 Å². The second kappa shape index (κ2) is 8.74. The van der Waals surface area contributed by atoms with Crippen LogP contribution < -0.4 is 10.1 Å². The smallest absolute Gasteiger partial charge is 0.360 e. The zero-order valence-electron chi connectivity index (χ0n) is 17.1. The molecule has 0 radical (unpaired) electrons. The molecule has 4 rings (SSSR count). The highest BCUT2D eigenvalue weighted by molar-refractivity contribution is 6.05. The Balaban J connectivity index is 1.43. The van der Waals surface area contributed by atoms with Crippen molar-refractivity contribution in [2.45, 2.75) is 20.1 Å². The molecule has 1 N–H and O–H groups in total. The Morgan fingerprint density at radius 3 is 2.68 bits per heavy atom. The molecule has 158 valence electrons. The summed E-state index contributed by atoms with van der Waals surface area (Å²) >= 11 is 0. The van der Waals surface area contributed by atoms with Crippen LogP contribution in [0.4, 0.5) is 5.69 Å². The second-order valence-electron chi connectivity index (χ2n) is 6.76. The Bertz CT molecular complexity index is 1240. The number of hydrogen-bond acceptors (Lipinski definition) is 6. The Labute approximate surface area is 178 Å². The minimum absolute atomic E-state index is 0.0316. The van der Waals surface area contributed by atoms with Crippen LogP contribution in [0.25, 0.3) is 10.8 Å². The molecule has 0 aliphatic carbocycles. The number of amides is 1. The van der Waals surface area contributed by atoms with Gasteiger partial charge in [-0.2, -0.15) is 5.10 Å². The van der Waals surface area contributed by atoms with Crippen molar-refractivity contribution in [2.75, 3.05) is 12.4 Å². The highest BCUT2D eigenvalue weighted by Crippen LogP contribution is 2.22. The van der Waals surface area contributed by atoms with Crippen LogP contribution >= 0.6 is 0 Å². The molecular formula is C23H21N3O5. The topological polar surface area (TPSA) is 95.6 Å². The van der Waals surface area contributed by atoms with Crippen LogP contribution in [-0.4, -0.2) is 28.8 Å². The summed E-state index contributed by atoms with van der Waals surface area (Å²) in [5.41, 5.74) is 0.285. The predicted octanol–water partition coefficient (Wildman–Crippen LogP) is 4.27. The van der Waals surface area contributed by atoms with Gasteiger partial charge in [-0.05, 0) is 42.0 Å². The van der Waals surface area contributed by atoms with Crippen LogP contribution in [0.15, 0.2) is 65.2 Å². The summed E-state index contributed by atoms with van der Waals surface area (Å²) in [5, 5.41) is 8.97. The number of aromatic nitrogens is 2. The van der Waals surface area contributed by atoms with Crippen LogP contribution in [0.5, 0.6) is 5.75 Å². The summed E-state index contributed by atoms with van der Waals surface area (Å²) in [7, 11) is 1.26. The molecule has 0 saturated carbocycles. The Hall–Kier alpha value is -4.07. The van der Waals surface area contributed by atoms with Gasteiger partial charge in [-0.3, -0.25) is 9.48 Å². The number of carbonyl (C=O) groups excluding carboxylic acids is 2. The van der Waals surface area contributed by atoms with E-state index < -0.39 is 11.9 Å². The van der Waals surface area contributed by atoms with Crippen molar-refractivity contribution < 1.29 is 23.5 Å². The van der Waals surface area contributed by atoms with E-state index in [0.29, 0.717) is 18.1 Å². The lowest BCUT2D eigenvalue weighted by molar-refractivity contribution is 0.0594. The van der Waals surface area contributed by atoms with Gasteiger partial charge in [0.2, 0.25) is 0 Å². The fourth-order valence-electron chi connectivity index (χ4n) is 3.10. The number of benzene rings is 2. The molecule has 0 aliphatic rings. The number of nitrogens with zero attached hydrogens (tertiary/aromatic N) is 2. The van der Waals surface area contributed by atoms with E-state index in [1.165, 1.54) is 11.8 Å². The van der Waals surface area contributed by atoms with Gasteiger partial charge < -0.3 is 19.2 Å². The van der Waals surface area contributed by atoms with Crippen LogP contribution in [0, 0.1) is 0 Å². The van der Waals surface area contributed by atoms with Gasteiger partial charge in [0.05, 0.1) is 12.8 Å². The minimum atomic E-state index is -0.633. The Morgan fingerprint density at radius 2 is 1.90 bits per heavy atom. The molecule has 0 fully saturated rings. The first kappa shape index (κ1) is 20.2. The van der Waals surface area contributed by atoms with E-state index in [-0.39, 0.29) is 23.7 Å². The number of furan rings is 1. The zero-order valence-corrected chi connectivity index (χ0v) is 17.1. The number of aryl methyl sites for hydroxylation is 1. The molecule has 4 aromatic rings. The summed E-state index contributed by atoms with van der Waals surface area (Å²) in [5.74, 6) is 0.160. The quantitative estimate of drug-likeness (QED) is 0.450. The van der Waals surface area contributed by atoms with Gasteiger partial charge in [-0.25, -0.2) is 4.79 Å². The third-order valence-electron chi connectivity index (χ3n) is 4.70. The van der Waals surface area contributed by atoms with Crippen molar-refractivity contribution in [3.8, 4) is 5.75 Å². The highest BCUT2D eigenvalue weighted by Gasteiger charge is 2.21. The molecule has 8 nitrogen and oxygen atoms in total. The number of hydrogen-bond donors (Lipinski definition) is 1. The van der Waals surface area contributed by atoms with E-state index >= 15 is 0 Å². The summed E-state index contributed by atoms with van der Waals surface area (Å²) < 4.78 is 17.7. The van der Waals surface area contributed by atoms with Crippen molar-refractivity contribution in [3.05, 3.63) is 78.0 Å². The Morgan fingerprint density at radius 1 is 1.10 bits per heavy atom. The maximum atomic E-state index is 12.6.